The lowest BCUT2D eigenvalue weighted by atomic mass is 10.1. The van der Waals surface area contributed by atoms with E-state index in [1.807, 2.05) is 24.3 Å². The van der Waals surface area contributed by atoms with E-state index in [1.54, 1.807) is 23.9 Å². The third kappa shape index (κ3) is 4.82. The van der Waals surface area contributed by atoms with Gasteiger partial charge in [-0.3, -0.25) is 9.59 Å². The van der Waals surface area contributed by atoms with Gasteiger partial charge in [0.25, 0.3) is 5.91 Å². The van der Waals surface area contributed by atoms with E-state index in [0.717, 1.165) is 49.8 Å². The number of carbonyl (C=O) groups is 1. The monoisotopic (exact) mass is 504 g/mol. The molecule has 3 heterocycles. The minimum absolute atomic E-state index is 0.0892. The van der Waals surface area contributed by atoms with E-state index in [1.165, 1.54) is 12.3 Å². The van der Waals surface area contributed by atoms with Crippen LogP contribution in [0.15, 0.2) is 65.7 Å². The summed E-state index contributed by atoms with van der Waals surface area (Å²) in [6.07, 6.45) is 3.24. The third-order valence-electron chi connectivity index (χ3n) is 6.63. The van der Waals surface area contributed by atoms with Crippen molar-refractivity contribution in [2.75, 3.05) is 41.7 Å². The Kier molecular flexibility index (Phi) is 6.47. The normalized spacial score (nSPS) is 13.7. The fraction of sp³-hybridized carbons (Fsp3) is 0.222. The van der Waals surface area contributed by atoms with E-state index >= 15 is 0 Å². The maximum atomic E-state index is 13.9. The summed E-state index contributed by atoms with van der Waals surface area (Å²) in [7, 11) is 1.75. The zero-order valence-electron chi connectivity index (χ0n) is 20.2. The minimum atomic E-state index is -0.770. The number of carbonyl (C=O) groups excluding carboxylic acids is 1. The van der Waals surface area contributed by atoms with Crippen LogP contribution in [-0.2, 0) is 13.6 Å². The van der Waals surface area contributed by atoms with Crippen LogP contribution in [0.5, 0.6) is 0 Å². The molecule has 1 saturated heterocycles. The van der Waals surface area contributed by atoms with E-state index in [0.29, 0.717) is 16.6 Å². The van der Waals surface area contributed by atoms with Crippen molar-refractivity contribution in [2.45, 2.75) is 6.54 Å². The molecule has 37 heavy (non-hydrogen) atoms. The summed E-state index contributed by atoms with van der Waals surface area (Å²) >= 11 is 0. The van der Waals surface area contributed by atoms with Crippen LogP contribution in [0.4, 0.5) is 26.0 Å². The van der Waals surface area contributed by atoms with Crippen molar-refractivity contribution in [1.82, 2.24) is 14.9 Å². The van der Waals surface area contributed by atoms with Crippen LogP contribution >= 0.6 is 0 Å². The molecule has 3 N–H and O–H groups in total. The Labute approximate surface area is 211 Å². The summed E-state index contributed by atoms with van der Waals surface area (Å²) in [5.41, 5.74) is 7.85. The number of benzene rings is 2. The van der Waals surface area contributed by atoms with Gasteiger partial charge in [-0.1, -0.05) is 12.1 Å². The second-order valence-electron chi connectivity index (χ2n) is 8.99. The molecular weight excluding hydrogens is 478 g/mol. The highest BCUT2D eigenvalue weighted by Gasteiger charge is 2.22. The average Bonchev–Trinajstić information content (AvgIpc) is 2.90. The van der Waals surface area contributed by atoms with Gasteiger partial charge in [-0.2, -0.15) is 0 Å². The van der Waals surface area contributed by atoms with Crippen LogP contribution in [0, 0.1) is 11.6 Å². The molecule has 1 aliphatic rings. The largest absolute Gasteiger partial charge is 0.397 e. The SMILES string of the molecule is Cn1cc(C(=O)NCc2ccc(F)cc2F)c(=O)c2cc(N)c(N3CCN(c4ccccn4)CC3)cc21. The van der Waals surface area contributed by atoms with Gasteiger partial charge in [-0.25, -0.2) is 13.8 Å². The van der Waals surface area contributed by atoms with E-state index in [4.69, 9.17) is 5.73 Å². The molecule has 0 spiro atoms. The van der Waals surface area contributed by atoms with E-state index in [2.05, 4.69) is 20.1 Å². The van der Waals surface area contributed by atoms with Crippen molar-refractivity contribution in [1.29, 1.82) is 0 Å². The summed E-state index contributed by atoms with van der Waals surface area (Å²) in [6, 6.07) is 12.4. The maximum absolute atomic E-state index is 13.9. The quantitative estimate of drug-likeness (QED) is 0.406. The molecule has 0 atom stereocenters. The number of aryl methyl sites for hydroxylation is 1. The number of amides is 1. The first-order chi connectivity index (χ1) is 17.8. The first-order valence-electron chi connectivity index (χ1n) is 11.9. The van der Waals surface area contributed by atoms with Crippen molar-refractivity contribution in [3.8, 4) is 0 Å². The number of nitrogens with one attached hydrogen (secondary N) is 1. The average molecular weight is 505 g/mol. The van der Waals surface area contributed by atoms with Crippen LogP contribution in [0.1, 0.15) is 15.9 Å². The number of nitrogens with two attached hydrogens (primary N) is 1. The lowest BCUT2D eigenvalue weighted by Gasteiger charge is -2.37. The van der Waals surface area contributed by atoms with Crippen LogP contribution in [0.2, 0.25) is 0 Å². The first kappa shape index (κ1) is 24.2. The molecule has 0 aliphatic carbocycles. The molecule has 1 aliphatic heterocycles. The van der Waals surface area contributed by atoms with Crippen molar-refractivity contribution < 1.29 is 13.6 Å². The fourth-order valence-corrected chi connectivity index (χ4v) is 4.62. The van der Waals surface area contributed by atoms with Crippen LogP contribution in [0.25, 0.3) is 10.9 Å². The number of pyridine rings is 2. The Morgan fingerprint density at radius 3 is 2.51 bits per heavy atom. The third-order valence-corrected chi connectivity index (χ3v) is 6.63. The lowest BCUT2D eigenvalue weighted by molar-refractivity contribution is 0.0949. The van der Waals surface area contributed by atoms with Gasteiger partial charge in [0.2, 0.25) is 5.43 Å². The van der Waals surface area contributed by atoms with Gasteiger partial charge in [0.15, 0.2) is 0 Å². The highest BCUT2D eigenvalue weighted by molar-refractivity contribution is 5.99. The lowest BCUT2D eigenvalue weighted by Crippen LogP contribution is -2.47. The number of hydrogen-bond acceptors (Lipinski definition) is 6. The topological polar surface area (TPSA) is 96.5 Å². The number of anilines is 3. The molecule has 1 amide bonds. The summed E-state index contributed by atoms with van der Waals surface area (Å²) in [5, 5.41) is 2.86. The number of hydrogen-bond donors (Lipinski definition) is 2. The van der Waals surface area contributed by atoms with Crippen molar-refractivity contribution in [3.63, 3.8) is 0 Å². The smallest absolute Gasteiger partial charge is 0.257 e. The summed E-state index contributed by atoms with van der Waals surface area (Å²) in [6.45, 7) is 2.85. The molecule has 1 fully saturated rings. The Morgan fingerprint density at radius 1 is 1.05 bits per heavy atom. The molecule has 2 aromatic carbocycles. The second kappa shape index (κ2) is 9.88. The predicted octanol–water partition coefficient (Wildman–Crippen LogP) is 3.05. The van der Waals surface area contributed by atoms with Gasteiger partial charge in [0, 0.05) is 69.2 Å². The number of fused-ring (bicyclic) bond motifs is 1. The van der Waals surface area contributed by atoms with E-state index < -0.39 is 23.0 Å². The second-order valence-corrected chi connectivity index (χ2v) is 8.99. The van der Waals surface area contributed by atoms with Gasteiger partial charge < -0.3 is 25.4 Å². The van der Waals surface area contributed by atoms with Gasteiger partial charge in [-0.05, 0) is 30.3 Å². The Balaban J connectivity index is 1.37. The van der Waals surface area contributed by atoms with Gasteiger partial charge in [-0.15, -0.1) is 0 Å². The van der Waals surface area contributed by atoms with Crippen LogP contribution in [-0.4, -0.2) is 41.6 Å². The predicted molar refractivity (Wildman–Crippen MR) is 140 cm³/mol. The highest BCUT2D eigenvalue weighted by atomic mass is 19.1. The number of nitrogens with zero attached hydrogens (tertiary/aromatic N) is 4. The number of aromatic nitrogens is 2. The zero-order chi connectivity index (χ0) is 26.1. The van der Waals surface area contributed by atoms with Gasteiger partial charge in [0.05, 0.1) is 16.9 Å². The molecule has 4 aromatic rings. The molecule has 190 valence electrons. The molecule has 0 radical (unpaired) electrons. The molecule has 0 saturated carbocycles. The molecular formula is C27H26F2N6O2. The highest BCUT2D eigenvalue weighted by Crippen LogP contribution is 2.29. The molecule has 8 nitrogen and oxygen atoms in total. The van der Waals surface area contributed by atoms with Crippen LogP contribution in [0.3, 0.4) is 0 Å². The molecule has 10 heteroatoms. The molecule has 2 aromatic heterocycles. The Hall–Kier alpha value is -4.47. The van der Waals surface area contributed by atoms with E-state index in [-0.39, 0.29) is 17.7 Å². The summed E-state index contributed by atoms with van der Waals surface area (Å²) < 4.78 is 28.8. The maximum Gasteiger partial charge on any atom is 0.257 e. The zero-order valence-corrected chi connectivity index (χ0v) is 20.2. The number of piperazine rings is 1. The molecule has 0 bridgehead atoms. The molecule has 0 unspecified atom stereocenters. The van der Waals surface area contributed by atoms with Crippen molar-refractivity contribution in [3.05, 3.63) is 93.9 Å². The van der Waals surface area contributed by atoms with Gasteiger partial charge in [0.1, 0.15) is 23.0 Å². The summed E-state index contributed by atoms with van der Waals surface area (Å²) in [5.74, 6) is -1.19. The fourth-order valence-electron chi connectivity index (χ4n) is 4.62. The number of halogens is 2. The number of nitrogen functional groups attached to an aromatic ring is 1. The number of rotatable bonds is 5. The standard InChI is InChI=1S/C27H26F2N6O2/c1-33-16-20(27(37)32-15-17-5-6-18(28)12-21(17)29)26(36)19-13-22(30)24(14-23(19)33)34-8-10-35(11-9-34)25-4-2-3-7-31-25/h2-7,12-14,16H,8-11,15,30H2,1H3,(H,32,37). The minimum Gasteiger partial charge on any atom is -0.397 e. The Morgan fingerprint density at radius 2 is 1.81 bits per heavy atom. The van der Waals surface area contributed by atoms with Crippen LogP contribution < -0.4 is 26.3 Å². The van der Waals surface area contributed by atoms with Crippen molar-refractivity contribution in [2.24, 2.45) is 7.05 Å². The van der Waals surface area contributed by atoms with Crippen molar-refractivity contribution >= 4 is 34.0 Å². The summed E-state index contributed by atoms with van der Waals surface area (Å²) in [4.78, 5) is 34.8. The Bertz CT molecular complexity index is 1530. The first-order valence-corrected chi connectivity index (χ1v) is 11.9. The molecule has 5 rings (SSSR count). The van der Waals surface area contributed by atoms with E-state index in [9.17, 15) is 18.4 Å². The van der Waals surface area contributed by atoms with Gasteiger partial charge >= 0.3 is 0 Å².